The van der Waals surface area contributed by atoms with Crippen LogP contribution in [-0.4, -0.2) is 60.9 Å². The molecule has 0 unspecified atom stereocenters. The number of sulfonamides is 1. The normalized spacial score (nSPS) is 20.8. The first kappa shape index (κ1) is 20.8. The van der Waals surface area contributed by atoms with Gasteiger partial charge in [0.05, 0.1) is 4.90 Å². The molecule has 0 N–H and O–H groups in total. The third kappa shape index (κ3) is 4.66. The van der Waals surface area contributed by atoms with E-state index in [0.717, 1.165) is 55.1 Å². The fourth-order valence-corrected chi connectivity index (χ4v) is 6.67. The zero-order chi connectivity index (χ0) is 20.4. The van der Waals surface area contributed by atoms with E-state index in [4.69, 9.17) is 4.74 Å². The van der Waals surface area contributed by atoms with Gasteiger partial charge in [-0.15, -0.1) is 0 Å². The highest BCUT2D eigenvalue weighted by Crippen LogP contribution is 2.28. The van der Waals surface area contributed by atoms with Gasteiger partial charge >= 0.3 is 0 Å². The lowest BCUT2D eigenvalue weighted by molar-refractivity contribution is 0.0584. The Morgan fingerprint density at radius 3 is 2.41 bits per heavy atom. The molecule has 2 aliphatic heterocycles. The van der Waals surface area contributed by atoms with Gasteiger partial charge in [-0.2, -0.15) is 4.31 Å². The number of likely N-dealkylation sites (tertiary alicyclic amines) is 1. The topological polar surface area (TPSA) is 62.7 Å². The van der Waals surface area contributed by atoms with Crippen LogP contribution in [0, 0.1) is 13.8 Å². The summed E-state index contributed by atoms with van der Waals surface area (Å²) in [7, 11) is -3.41. The quantitative estimate of drug-likeness (QED) is 0.720. The van der Waals surface area contributed by atoms with Crippen LogP contribution in [0.5, 0.6) is 5.19 Å². The van der Waals surface area contributed by atoms with Crippen LogP contribution >= 0.6 is 11.3 Å². The molecule has 0 aliphatic carbocycles. The Hall–Kier alpha value is -1.48. The number of piperidine rings is 2. The summed E-state index contributed by atoms with van der Waals surface area (Å²) in [6.45, 7) is 7.06. The largest absolute Gasteiger partial charge is 0.467 e. The number of benzene rings is 1. The minimum absolute atomic E-state index is 0.238. The molecular formula is C21H29N3O3S2. The van der Waals surface area contributed by atoms with Gasteiger partial charge in [0.25, 0.3) is 5.19 Å². The molecular weight excluding hydrogens is 406 g/mol. The van der Waals surface area contributed by atoms with Gasteiger partial charge in [-0.3, -0.25) is 0 Å². The average molecular weight is 436 g/mol. The van der Waals surface area contributed by atoms with Crippen molar-refractivity contribution in [2.24, 2.45) is 0 Å². The van der Waals surface area contributed by atoms with Gasteiger partial charge in [0, 0.05) is 43.8 Å². The van der Waals surface area contributed by atoms with Crippen LogP contribution in [0.2, 0.25) is 0 Å². The van der Waals surface area contributed by atoms with Crippen molar-refractivity contribution in [3.8, 4) is 5.19 Å². The van der Waals surface area contributed by atoms with Crippen molar-refractivity contribution in [2.45, 2.75) is 56.6 Å². The number of aryl methyl sites for hydroxylation is 2. The van der Waals surface area contributed by atoms with Gasteiger partial charge in [0.15, 0.2) is 0 Å². The van der Waals surface area contributed by atoms with Crippen molar-refractivity contribution in [1.82, 2.24) is 14.2 Å². The molecule has 1 aromatic carbocycles. The third-order valence-corrected chi connectivity index (χ3v) is 8.76. The van der Waals surface area contributed by atoms with Crippen LogP contribution in [-0.2, 0) is 10.0 Å². The lowest BCUT2D eigenvalue weighted by Gasteiger charge is -2.41. The van der Waals surface area contributed by atoms with Crippen molar-refractivity contribution in [2.75, 3.05) is 26.2 Å². The first-order valence-electron chi connectivity index (χ1n) is 10.3. The maximum Gasteiger partial charge on any atom is 0.273 e. The molecule has 158 valence electrons. The summed E-state index contributed by atoms with van der Waals surface area (Å²) in [4.78, 5) is 7.17. The van der Waals surface area contributed by atoms with Crippen LogP contribution in [0.15, 0.2) is 34.7 Å². The molecule has 0 spiro atoms. The van der Waals surface area contributed by atoms with E-state index >= 15 is 0 Å². The minimum atomic E-state index is -3.41. The van der Waals surface area contributed by atoms with Crippen molar-refractivity contribution < 1.29 is 13.2 Å². The van der Waals surface area contributed by atoms with E-state index in [-0.39, 0.29) is 6.10 Å². The van der Waals surface area contributed by atoms with Crippen LogP contribution in [0.1, 0.15) is 36.8 Å². The minimum Gasteiger partial charge on any atom is -0.467 e. The smallest absolute Gasteiger partial charge is 0.273 e. The van der Waals surface area contributed by atoms with Gasteiger partial charge in [0.1, 0.15) is 6.10 Å². The molecule has 0 radical (unpaired) electrons. The van der Waals surface area contributed by atoms with Gasteiger partial charge in [0.2, 0.25) is 10.0 Å². The Balaban J connectivity index is 1.30. The number of aromatic nitrogens is 1. The van der Waals surface area contributed by atoms with E-state index in [1.54, 1.807) is 16.6 Å². The lowest BCUT2D eigenvalue weighted by Crippen LogP contribution is -2.50. The predicted molar refractivity (Wildman–Crippen MR) is 115 cm³/mol. The average Bonchev–Trinajstić information content (AvgIpc) is 3.21. The zero-order valence-corrected chi connectivity index (χ0v) is 18.7. The number of thiazole rings is 1. The summed E-state index contributed by atoms with van der Waals surface area (Å²) < 4.78 is 33.8. The Labute approximate surface area is 177 Å². The summed E-state index contributed by atoms with van der Waals surface area (Å²) in [5.41, 5.74) is 1.91. The first-order valence-corrected chi connectivity index (χ1v) is 12.6. The van der Waals surface area contributed by atoms with Crippen molar-refractivity contribution in [3.05, 3.63) is 40.9 Å². The Bertz CT molecular complexity index is 915. The van der Waals surface area contributed by atoms with E-state index in [0.29, 0.717) is 24.0 Å². The Kier molecular flexibility index (Phi) is 6.24. The van der Waals surface area contributed by atoms with Crippen molar-refractivity contribution in [1.29, 1.82) is 0 Å². The summed E-state index contributed by atoms with van der Waals surface area (Å²) >= 11 is 1.54. The van der Waals surface area contributed by atoms with Crippen molar-refractivity contribution in [3.63, 3.8) is 0 Å². The third-order valence-electron chi connectivity index (χ3n) is 6.04. The van der Waals surface area contributed by atoms with Gasteiger partial charge in [-0.1, -0.05) is 29.0 Å². The van der Waals surface area contributed by atoms with E-state index in [1.165, 1.54) is 11.3 Å². The molecule has 0 saturated carbocycles. The predicted octanol–water partition coefficient (Wildman–Crippen LogP) is 3.46. The molecule has 2 fully saturated rings. The molecule has 29 heavy (non-hydrogen) atoms. The molecule has 2 saturated heterocycles. The second-order valence-electron chi connectivity index (χ2n) is 8.06. The van der Waals surface area contributed by atoms with E-state index in [9.17, 15) is 8.42 Å². The zero-order valence-electron chi connectivity index (χ0n) is 17.1. The summed E-state index contributed by atoms with van der Waals surface area (Å²) in [5, 5.41) is 2.69. The molecule has 6 nitrogen and oxygen atoms in total. The molecule has 0 bridgehead atoms. The molecule has 0 amide bonds. The van der Waals surface area contributed by atoms with Crippen LogP contribution < -0.4 is 4.74 Å². The molecule has 8 heteroatoms. The lowest BCUT2D eigenvalue weighted by atomic mass is 10.00. The Morgan fingerprint density at radius 2 is 1.79 bits per heavy atom. The van der Waals surface area contributed by atoms with Gasteiger partial charge < -0.3 is 9.64 Å². The summed E-state index contributed by atoms with van der Waals surface area (Å²) in [6.07, 6.45) is 5.79. The van der Waals surface area contributed by atoms with E-state index in [1.807, 2.05) is 31.4 Å². The summed E-state index contributed by atoms with van der Waals surface area (Å²) in [5.74, 6) is 0. The van der Waals surface area contributed by atoms with Crippen molar-refractivity contribution >= 4 is 21.4 Å². The summed E-state index contributed by atoms with van der Waals surface area (Å²) in [6, 6.07) is 6.03. The molecule has 3 heterocycles. The van der Waals surface area contributed by atoms with Gasteiger partial charge in [-0.25, -0.2) is 13.4 Å². The fraction of sp³-hybridized carbons (Fsp3) is 0.571. The number of ether oxygens (including phenoxy) is 1. The molecule has 0 atom stereocenters. The number of hydrogen-bond acceptors (Lipinski definition) is 6. The standard InChI is InChI=1S/C21H29N3O3S2/c1-16-3-4-20(17(2)15-16)29(25,26)24-12-5-18(6-13-24)23-10-7-19(8-11-23)27-21-22-9-14-28-21/h3-4,9,14-15,18-19H,5-8,10-13H2,1-2H3. The van der Waals surface area contributed by atoms with Gasteiger partial charge in [-0.05, 0) is 51.2 Å². The fourth-order valence-electron chi connectivity index (χ4n) is 4.45. The highest BCUT2D eigenvalue weighted by atomic mass is 32.2. The SMILES string of the molecule is Cc1ccc(S(=O)(=O)N2CCC(N3CCC(Oc4nccs4)CC3)CC2)c(C)c1. The molecule has 4 rings (SSSR count). The van der Waals surface area contributed by atoms with Crippen LogP contribution in [0.25, 0.3) is 0 Å². The van der Waals surface area contributed by atoms with E-state index < -0.39 is 10.0 Å². The maximum atomic E-state index is 13.1. The first-order chi connectivity index (χ1) is 13.9. The second-order valence-corrected chi connectivity index (χ2v) is 10.8. The second kappa shape index (κ2) is 8.71. The van der Waals surface area contributed by atoms with E-state index in [2.05, 4.69) is 9.88 Å². The maximum absolute atomic E-state index is 13.1. The monoisotopic (exact) mass is 435 g/mol. The molecule has 2 aliphatic rings. The van der Waals surface area contributed by atoms with Crippen LogP contribution in [0.3, 0.4) is 0 Å². The highest BCUT2D eigenvalue weighted by Gasteiger charge is 2.34. The Morgan fingerprint density at radius 1 is 1.07 bits per heavy atom. The van der Waals surface area contributed by atoms with Crippen LogP contribution in [0.4, 0.5) is 0 Å². The highest BCUT2D eigenvalue weighted by molar-refractivity contribution is 7.89. The molecule has 1 aromatic heterocycles. The number of nitrogens with zero attached hydrogens (tertiary/aromatic N) is 3. The molecule has 2 aromatic rings. The number of hydrogen-bond donors (Lipinski definition) is 0. The number of rotatable bonds is 5.